The molecule has 8 nitrogen and oxygen atoms in total. The smallest absolute Gasteiger partial charge is 0.104 e. The first-order valence-corrected chi connectivity index (χ1v) is 6.07. The molecule has 0 fully saturated rings. The van der Waals surface area contributed by atoms with Crippen LogP contribution in [0.25, 0.3) is 0 Å². The van der Waals surface area contributed by atoms with Crippen LogP contribution in [0.15, 0.2) is 0 Å². The van der Waals surface area contributed by atoms with E-state index in [-0.39, 0.29) is 46.2 Å². The van der Waals surface area contributed by atoms with Gasteiger partial charge < -0.3 is 40.3 Å². The van der Waals surface area contributed by atoms with Crippen molar-refractivity contribution in [3.8, 4) is 0 Å². The normalized spacial score (nSPS) is 12.6. The number of aliphatic hydroxyl groups excluding tert-OH is 5. The maximum Gasteiger partial charge on any atom is 0.104 e. The van der Waals surface area contributed by atoms with Crippen LogP contribution < -0.4 is 5.32 Å². The van der Waals surface area contributed by atoms with Crippen LogP contribution in [0.2, 0.25) is 0 Å². The Labute approximate surface area is 112 Å². The summed E-state index contributed by atoms with van der Waals surface area (Å²) in [4.78, 5) is 0. The van der Waals surface area contributed by atoms with Crippen molar-refractivity contribution < 1.29 is 35.0 Å². The zero-order valence-corrected chi connectivity index (χ0v) is 11.2. The molecule has 0 rings (SSSR count). The molecular weight excluding hydrogens is 258 g/mol. The standard InChI is InChI=1S/C11H25NO7/c1-12-11(6-17,7-18-9(2-13)3-14)8-19-10(4-15)5-16/h9-10,12-17H,2-8H2,1H3. The summed E-state index contributed by atoms with van der Waals surface area (Å²) in [7, 11) is 1.60. The molecule has 0 aromatic carbocycles. The number of hydrogen-bond acceptors (Lipinski definition) is 8. The third-order valence-electron chi connectivity index (χ3n) is 2.84. The molecule has 6 N–H and O–H groups in total. The lowest BCUT2D eigenvalue weighted by molar-refractivity contribution is -0.0947. The molecule has 0 bridgehead atoms. The van der Waals surface area contributed by atoms with Gasteiger partial charge in [-0.05, 0) is 7.05 Å². The summed E-state index contributed by atoms with van der Waals surface area (Å²) in [5.41, 5.74) is -0.939. The fraction of sp³-hybridized carbons (Fsp3) is 1.00. The van der Waals surface area contributed by atoms with Crippen molar-refractivity contribution in [3.63, 3.8) is 0 Å². The van der Waals surface area contributed by atoms with Gasteiger partial charge in [0.2, 0.25) is 0 Å². The number of nitrogens with one attached hydrogen (secondary N) is 1. The highest BCUT2D eigenvalue weighted by molar-refractivity contribution is 4.87. The lowest BCUT2D eigenvalue weighted by atomic mass is 10.0. The molecule has 0 saturated carbocycles. The summed E-state index contributed by atoms with van der Waals surface area (Å²) in [6.45, 7) is -1.66. The fourth-order valence-corrected chi connectivity index (χ4v) is 1.24. The van der Waals surface area contributed by atoms with Crippen molar-refractivity contribution in [2.24, 2.45) is 0 Å². The van der Waals surface area contributed by atoms with Gasteiger partial charge in [-0.15, -0.1) is 0 Å². The van der Waals surface area contributed by atoms with Gasteiger partial charge in [0.15, 0.2) is 0 Å². The predicted octanol–water partition coefficient (Wildman–Crippen LogP) is -3.32. The molecule has 0 atom stereocenters. The van der Waals surface area contributed by atoms with Crippen LogP contribution in [-0.4, -0.2) is 96.6 Å². The van der Waals surface area contributed by atoms with Crippen molar-refractivity contribution in [3.05, 3.63) is 0 Å². The van der Waals surface area contributed by atoms with Crippen LogP contribution >= 0.6 is 0 Å². The average Bonchev–Trinajstić information content (AvgIpc) is 2.47. The monoisotopic (exact) mass is 283 g/mol. The molecule has 0 aliphatic rings. The Morgan fingerprint density at radius 3 is 1.42 bits per heavy atom. The van der Waals surface area contributed by atoms with Crippen LogP contribution in [-0.2, 0) is 9.47 Å². The number of likely N-dealkylation sites (N-methyl/N-ethyl adjacent to an activating group) is 1. The quantitative estimate of drug-likeness (QED) is 0.219. The first kappa shape index (κ1) is 18.7. The molecule has 8 heteroatoms. The third kappa shape index (κ3) is 6.59. The predicted molar refractivity (Wildman–Crippen MR) is 66.7 cm³/mol. The van der Waals surface area contributed by atoms with Gasteiger partial charge in [0, 0.05) is 0 Å². The second kappa shape index (κ2) is 10.5. The molecule has 0 spiro atoms. The second-order valence-electron chi connectivity index (χ2n) is 4.28. The summed E-state index contributed by atoms with van der Waals surface area (Å²) in [6.07, 6.45) is -1.46. The van der Waals surface area contributed by atoms with Crippen molar-refractivity contribution in [1.82, 2.24) is 5.32 Å². The Hall–Kier alpha value is -0.320. The molecule has 0 aromatic rings. The SMILES string of the molecule is CNC(CO)(COC(CO)CO)COC(CO)CO. The Kier molecular flexibility index (Phi) is 10.3. The largest absolute Gasteiger partial charge is 0.394 e. The Balaban J connectivity index is 4.39. The number of hydrogen-bond donors (Lipinski definition) is 6. The number of rotatable bonds is 12. The number of ether oxygens (including phenoxy) is 2. The van der Waals surface area contributed by atoms with Crippen LogP contribution in [0.1, 0.15) is 0 Å². The second-order valence-corrected chi connectivity index (χ2v) is 4.28. The first-order chi connectivity index (χ1) is 9.11. The van der Waals surface area contributed by atoms with E-state index in [0.29, 0.717) is 0 Å². The zero-order chi connectivity index (χ0) is 14.7. The minimum absolute atomic E-state index is 0.00460. The zero-order valence-electron chi connectivity index (χ0n) is 11.2. The summed E-state index contributed by atoms with van der Waals surface area (Å²) in [5.74, 6) is 0. The molecule has 0 heterocycles. The van der Waals surface area contributed by atoms with E-state index in [9.17, 15) is 5.11 Å². The molecule has 0 unspecified atom stereocenters. The van der Waals surface area contributed by atoms with Crippen molar-refractivity contribution in [2.45, 2.75) is 17.7 Å². The number of aliphatic hydroxyl groups is 5. The van der Waals surface area contributed by atoms with Crippen LogP contribution in [0.3, 0.4) is 0 Å². The molecule has 0 radical (unpaired) electrons. The Bertz CT molecular complexity index is 187. The van der Waals surface area contributed by atoms with Crippen molar-refractivity contribution in [2.75, 3.05) is 53.3 Å². The molecular formula is C11H25NO7. The van der Waals surface area contributed by atoms with Crippen molar-refractivity contribution in [1.29, 1.82) is 0 Å². The lowest BCUT2D eigenvalue weighted by Crippen LogP contribution is -2.56. The fourth-order valence-electron chi connectivity index (χ4n) is 1.24. The molecule has 116 valence electrons. The molecule has 0 aliphatic heterocycles. The van der Waals surface area contributed by atoms with E-state index in [1.807, 2.05) is 0 Å². The van der Waals surface area contributed by atoms with E-state index >= 15 is 0 Å². The summed E-state index contributed by atoms with van der Waals surface area (Å²) in [5, 5.41) is 47.9. The van der Waals surface area contributed by atoms with E-state index in [4.69, 9.17) is 29.9 Å². The van der Waals surface area contributed by atoms with Crippen LogP contribution in [0.4, 0.5) is 0 Å². The van der Waals surface area contributed by atoms with E-state index in [1.165, 1.54) is 0 Å². The lowest BCUT2D eigenvalue weighted by Gasteiger charge is -2.33. The highest BCUT2D eigenvalue weighted by atomic mass is 16.5. The molecule has 0 aliphatic carbocycles. The van der Waals surface area contributed by atoms with Gasteiger partial charge in [-0.1, -0.05) is 0 Å². The Morgan fingerprint density at radius 1 is 0.842 bits per heavy atom. The average molecular weight is 283 g/mol. The maximum atomic E-state index is 9.42. The Morgan fingerprint density at radius 2 is 1.21 bits per heavy atom. The van der Waals surface area contributed by atoms with Gasteiger partial charge in [-0.2, -0.15) is 0 Å². The first-order valence-electron chi connectivity index (χ1n) is 6.07. The minimum atomic E-state index is -0.939. The van der Waals surface area contributed by atoms with Crippen molar-refractivity contribution >= 4 is 0 Å². The topological polar surface area (TPSA) is 132 Å². The van der Waals surface area contributed by atoms with E-state index in [1.54, 1.807) is 7.05 Å². The van der Waals surface area contributed by atoms with Gasteiger partial charge in [0.1, 0.15) is 12.2 Å². The minimum Gasteiger partial charge on any atom is -0.394 e. The maximum absolute atomic E-state index is 9.42. The summed E-state index contributed by atoms with van der Waals surface area (Å²) >= 11 is 0. The van der Waals surface area contributed by atoms with E-state index in [0.717, 1.165) is 0 Å². The summed E-state index contributed by atoms with van der Waals surface area (Å²) in [6, 6.07) is 0. The molecule has 0 amide bonds. The van der Waals surface area contributed by atoms with Gasteiger partial charge in [-0.3, -0.25) is 0 Å². The van der Waals surface area contributed by atoms with E-state index in [2.05, 4.69) is 5.32 Å². The molecule has 0 aromatic heterocycles. The highest BCUT2D eigenvalue weighted by Gasteiger charge is 2.30. The van der Waals surface area contributed by atoms with Gasteiger partial charge in [0.25, 0.3) is 0 Å². The highest BCUT2D eigenvalue weighted by Crippen LogP contribution is 2.09. The molecule has 19 heavy (non-hydrogen) atoms. The van der Waals surface area contributed by atoms with Gasteiger partial charge in [0.05, 0.1) is 51.8 Å². The summed E-state index contributed by atoms with van der Waals surface area (Å²) < 4.78 is 10.5. The van der Waals surface area contributed by atoms with Crippen LogP contribution in [0, 0.1) is 0 Å². The van der Waals surface area contributed by atoms with Crippen LogP contribution in [0.5, 0.6) is 0 Å². The van der Waals surface area contributed by atoms with E-state index < -0.39 is 17.7 Å². The molecule has 0 saturated heterocycles. The van der Waals surface area contributed by atoms with Gasteiger partial charge in [-0.25, -0.2) is 0 Å². The third-order valence-corrected chi connectivity index (χ3v) is 2.84. The van der Waals surface area contributed by atoms with Gasteiger partial charge >= 0.3 is 0 Å².